The fourth-order valence-electron chi connectivity index (χ4n) is 4.31. The summed E-state index contributed by atoms with van der Waals surface area (Å²) in [4.78, 5) is 31.6. The molecule has 10 nitrogen and oxygen atoms in total. The number of hydrogen-bond donors (Lipinski definition) is 3. The first-order chi connectivity index (χ1) is 17.1. The van der Waals surface area contributed by atoms with Crippen LogP contribution in [0.4, 0.5) is 4.79 Å². The molecule has 1 fully saturated rings. The third kappa shape index (κ3) is 5.15. The monoisotopic (exact) mass is 532 g/mol. The molecular weight excluding hydrogens is 504 g/mol. The van der Waals surface area contributed by atoms with Gasteiger partial charge < -0.3 is 14.6 Å². The molecule has 0 spiro atoms. The van der Waals surface area contributed by atoms with Crippen molar-refractivity contribution in [2.24, 2.45) is 0 Å². The molecule has 1 aliphatic heterocycles. The second kappa shape index (κ2) is 10.4. The van der Waals surface area contributed by atoms with Crippen LogP contribution in [0.3, 0.4) is 0 Å². The number of thiophene rings is 1. The lowest BCUT2D eigenvalue weighted by Crippen LogP contribution is -2.44. The number of nitrogens with one attached hydrogen (secondary N) is 2. The summed E-state index contributed by atoms with van der Waals surface area (Å²) < 4.78 is 31.1. The molecule has 3 amide bonds. The number of nitrogens with zero attached hydrogens (tertiary/aromatic N) is 2. The Hall–Kier alpha value is -3.22. The van der Waals surface area contributed by atoms with E-state index < -0.39 is 26.9 Å². The molecule has 3 heterocycles. The highest BCUT2D eigenvalue weighted by atomic mass is 32.2. The van der Waals surface area contributed by atoms with Crippen LogP contribution in [0.5, 0.6) is 0 Å². The highest BCUT2D eigenvalue weighted by molar-refractivity contribution is 7.92. The van der Waals surface area contributed by atoms with Gasteiger partial charge in [-0.25, -0.2) is 23.7 Å². The van der Waals surface area contributed by atoms with Gasteiger partial charge in [0, 0.05) is 34.4 Å². The Balaban J connectivity index is 1.68. The molecule has 1 unspecified atom stereocenters. The zero-order chi connectivity index (χ0) is 25.9. The summed E-state index contributed by atoms with van der Waals surface area (Å²) in [6.07, 6.45) is 2.56. The number of sulfone groups is 1. The molecule has 1 aliphatic rings. The lowest BCUT2D eigenvalue weighted by molar-refractivity contribution is -0.129. The summed E-state index contributed by atoms with van der Waals surface area (Å²) >= 11 is 1.28. The Bertz CT molecular complexity index is 1320. The second-order valence-electron chi connectivity index (χ2n) is 8.97. The number of aromatic nitrogens is 1. The molecule has 0 bridgehead atoms. The van der Waals surface area contributed by atoms with E-state index >= 15 is 0 Å². The largest absolute Gasteiger partial charge is 0.444 e. The molecule has 12 heteroatoms. The zero-order valence-corrected chi connectivity index (χ0v) is 21.6. The van der Waals surface area contributed by atoms with Crippen LogP contribution >= 0.6 is 11.3 Å². The van der Waals surface area contributed by atoms with Crippen LogP contribution in [0, 0.1) is 0 Å². The summed E-state index contributed by atoms with van der Waals surface area (Å²) in [5, 5.41) is 12.0. The maximum absolute atomic E-state index is 13.7. The quantitative estimate of drug-likeness (QED) is 0.326. The van der Waals surface area contributed by atoms with Crippen molar-refractivity contribution in [2.75, 3.05) is 18.8 Å². The predicted molar refractivity (Wildman–Crippen MR) is 135 cm³/mol. The number of hydrogen-bond acceptors (Lipinski definition) is 8. The summed E-state index contributed by atoms with van der Waals surface area (Å²) in [6, 6.07) is 10.7. The Morgan fingerprint density at radius 3 is 2.53 bits per heavy atom. The third-order valence-electron chi connectivity index (χ3n) is 6.22. The van der Waals surface area contributed by atoms with Crippen LogP contribution in [-0.4, -0.2) is 60.3 Å². The van der Waals surface area contributed by atoms with Crippen molar-refractivity contribution in [2.45, 2.75) is 37.5 Å². The molecule has 1 atom stereocenters. The molecule has 1 saturated heterocycles. The van der Waals surface area contributed by atoms with Crippen molar-refractivity contribution in [1.82, 2.24) is 20.7 Å². The topological polar surface area (TPSA) is 142 Å². The van der Waals surface area contributed by atoms with Gasteiger partial charge in [0.15, 0.2) is 22.0 Å². The van der Waals surface area contributed by atoms with Gasteiger partial charge in [-0.05, 0) is 38.0 Å². The second-order valence-corrected chi connectivity index (χ2v) is 12.5. The van der Waals surface area contributed by atoms with E-state index in [0.717, 1.165) is 16.0 Å². The lowest BCUT2D eigenvalue weighted by atomic mass is 9.97. The number of carbonyl (C=O) groups excluding carboxylic acids is 2. The smallest absolute Gasteiger partial charge is 0.317 e. The van der Waals surface area contributed by atoms with Crippen molar-refractivity contribution in [3.63, 3.8) is 0 Å². The fraction of sp³-hybridized carbons (Fsp3) is 0.375. The SMILES string of the molecule is CC(C)NC(=O)N1CCC(CC(=O)NO)(c2ccc(-c3ccc(-c4cnco4)cc3)s2)S(=O)(=O)CC1. The number of hydroxylamine groups is 1. The van der Waals surface area contributed by atoms with Crippen molar-refractivity contribution in [3.8, 4) is 21.8 Å². The van der Waals surface area contributed by atoms with E-state index in [-0.39, 0.29) is 37.3 Å². The van der Waals surface area contributed by atoms with E-state index in [1.54, 1.807) is 17.7 Å². The summed E-state index contributed by atoms with van der Waals surface area (Å²) in [5.41, 5.74) is 3.31. The van der Waals surface area contributed by atoms with Crippen LogP contribution < -0.4 is 10.8 Å². The van der Waals surface area contributed by atoms with Crippen molar-refractivity contribution in [3.05, 3.63) is 53.9 Å². The van der Waals surface area contributed by atoms with Crippen molar-refractivity contribution in [1.29, 1.82) is 0 Å². The first-order valence-corrected chi connectivity index (χ1v) is 13.9. The van der Waals surface area contributed by atoms with E-state index in [1.807, 2.05) is 44.2 Å². The fourth-order valence-corrected chi connectivity index (χ4v) is 7.91. The molecule has 1 aromatic carbocycles. The van der Waals surface area contributed by atoms with Gasteiger partial charge >= 0.3 is 6.03 Å². The minimum absolute atomic E-state index is 0.0186. The van der Waals surface area contributed by atoms with Gasteiger partial charge in [0.05, 0.1) is 18.4 Å². The van der Waals surface area contributed by atoms with E-state index in [1.165, 1.54) is 22.6 Å². The Labute approximate surface area is 213 Å². The van der Waals surface area contributed by atoms with Crippen molar-refractivity contribution < 1.29 is 27.6 Å². The van der Waals surface area contributed by atoms with Gasteiger partial charge in [-0.1, -0.05) is 24.3 Å². The maximum atomic E-state index is 13.7. The molecule has 3 N–H and O–H groups in total. The van der Waals surface area contributed by atoms with Crippen LogP contribution in [0.1, 0.15) is 31.6 Å². The van der Waals surface area contributed by atoms with Crippen molar-refractivity contribution >= 4 is 33.1 Å². The Morgan fingerprint density at radius 1 is 1.17 bits per heavy atom. The molecule has 36 heavy (non-hydrogen) atoms. The van der Waals surface area contributed by atoms with Crippen LogP contribution in [-0.2, 0) is 19.4 Å². The summed E-state index contributed by atoms with van der Waals surface area (Å²) in [7, 11) is -3.88. The number of benzene rings is 1. The van der Waals surface area contributed by atoms with Gasteiger partial charge in [-0.3, -0.25) is 10.0 Å². The number of oxazole rings is 1. The average Bonchev–Trinajstić information content (AvgIpc) is 3.53. The first kappa shape index (κ1) is 25.9. The van der Waals surface area contributed by atoms with E-state index in [0.29, 0.717) is 10.6 Å². The maximum Gasteiger partial charge on any atom is 0.317 e. The lowest BCUT2D eigenvalue weighted by Gasteiger charge is -2.30. The number of amides is 3. The normalized spacial score (nSPS) is 19.6. The number of urea groups is 1. The average molecular weight is 533 g/mol. The molecule has 0 aliphatic carbocycles. The van der Waals surface area contributed by atoms with E-state index in [2.05, 4.69) is 10.3 Å². The molecule has 0 saturated carbocycles. The van der Waals surface area contributed by atoms with Gasteiger partial charge in [0.1, 0.15) is 4.75 Å². The van der Waals surface area contributed by atoms with E-state index in [4.69, 9.17) is 4.42 Å². The Kier molecular flexibility index (Phi) is 7.48. The summed E-state index contributed by atoms with van der Waals surface area (Å²) in [6.45, 7) is 3.82. The molecule has 0 radical (unpaired) electrons. The minimum atomic E-state index is -3.88. The predicted octanol–water partition coefficient (Wildman–Crippen LogP) is 3.40. The molecule has 192 valence electrons. The first-order valence-electron chi connectivity index (χ1n) is 11.5. The van der Waals surface area contributed by atoms with Gasteiger partial charge in [-0.15, -0.1) is 11.3 Å². The van der Waals surface area contributed by atoms with Crippen LogP contribution in [0.2, 0.25) is 0 Å². The zero-order valence-electron chi connectivity index (χ0n) is 19.9. The molecule has 4 rings (SSSR count). The summed E-state index contributed by atoms with van der Waals surface area (Å²) in [5.74, 6) is -0.459. The Morgan fingerprint density at radius 2 is 1.89 bits per heavy atom. The standard InChI is InChI=1S/C24H28N4O6S2/c1-16(2)26-23(30)28-10-9-24(13-22(29)27-31,36(32,33)12-11-28)21-8-7-20(35-21)18-5-3-17(4-6-18)19-14-25-15-34-19/h3-8,14-16,31H,9-13H2,1-2H3,(H,26,30)(H,27,29). The van der Waals surface area contributed by atoms with Crippen LogP contribution in [0.25, 0.3) is 21.8 Å². The van der Waals surface area contributed by atoms with Gasteiger partial charge in [0.2, 0.25) is 5.91 Å². The van der Waals surface area contributed by atoms with Crippen LogP contribution in [0.15, 0.2) is 53.4 Å². The third-order valence-corrected chi connectivity index (χ3v) is 10.2. The number of carbonyl (C=O) groups is 2. The minimum Gasteiger partial charge on any atom is -0.444 e. The van der Waals surface area contributed by atoms with Gasteiger partial charge in [0.25, 0.3) is 0 Å². The van der Waals surface area contributed by atoms with Gasteiger partial charge in [-0.2, -0.15) is 0 Å². The molecule has 2 aromatic heterocycles. The molecule has 3 aromatic rings. The highest BCUT2D eigenvalue weighted by Gasteiger charge is 2.49. The van der Waals surface area contributed by atoms with E-state index in [9.17, 15) is 23.2 Å². The highest BCUT2D eigenvalue weighted by Crippen LogP contribution is 2.45. The number of rotatable bonds is 6. The molecular formula is C24H28N4O6S2.